The molecule has 7 heteroatoms. The van der Waals surface area contributed by atoms with E-state index >= 15 is 0 Å². The molecule has 1 atom stereocenters. The average Bonchev–Trinajstić information content (AvgIpc) is 2.98. The molecule has 0 aliphatic carbocycles. The zero-order valence-corrected chi connectivity index (χ0v) is 14.6. The van der Waals surface area contributed by atoms with Gasteiger partial charge < -0.3 is 5.32 Å². The Balaban J connectivity index is 2.27. The number of hydrogen-bond donors (Lipinski definition) is 1. The lowest BCUT2D eigenvalue weighted by molar-refractivity contribution is 0.0943. The number of benzene rings is 1. The minimum absolute atomic E-state index is 0.0472. The van der Waals surface area contributed by atoms with E-state index in [4.69, 9.17) is 11.6 Å². The first-order valence-corrected chi connectivity index (χ1v) is 9.43. The van der Waals surface area contributed by atoms with Crippen molar-refractivity contribution in [1.29, 1.82) is 0 Å². The normalized spacial score (nSPS) is 12.9. The van der Waals surface area contributed by atoms with E-state index in [0.717, 1.165) is 17.8 Å². The van der Waals surface area contributed by atoms with Gasteiger partial charge in [-0.05, 0) is 49.7 Å². The lowest BCUT2D eigenvalue weighted by Crippen LogP contribution is -2.31. The fourth-order valence-electron chi connectivity index (χ4n) is 1.71. The van der Waals surface area contributed by atoms with Crippen LogP contribution in [0.25, 0.3) is 0 Å². The average molecular weight is 358 g/mol. The van der Waals surface area contributed by atoms with Gasteiger partial charge in [-0.1, -0.05) is 18.5 Å². The minimum Gasteiger partial charge on any atom is -0.349 e. The van der Waals surface area contributed by atoms with E-state index < -0.39 is 9.84 Å². The summed E-state index contributed by atoms with van der Waals surface area (Å²) in [6.07, 6.45) is 0.813. The van der Waals surface area contributed by atoms with Crippen LogP contribution in [0.5, 0.6) is 0 Å². The van der Waals surface area contributed by atoms with Crippen molar-refractivity contribution in [2.75, 3.05) is 0 Å². The topological polar surface area (TPSA) is 63.2 Å². The molecule has 1 amide bonds. The number of thiophene rings is 1. The van der Waals surface area contributed by atoms with Gasteiger partial charge in [0.05, 0.1) is 9.77 Å². The quantitative estimate of drug-likeness (QED) is 0.886. The van der Waals surface area contributed by atoms with Crippen molar-refractivity contribution < 1.29 is 13.2 Å². The molecule has 0 bridgehead atoms. The van der Waals surface area contributed by atoms with Gasteiger partial charge in [0, 0.05) is 11.1 Å². The number of hydrogen-bond acceptors (Lipinski definition) is 4. The Bertz CT molecular complexity index is 766. The van der Waals surface area contributed by atoms with Gasteiger partial charge in [-0.15, -0.1) is 11.3 Å². The summed E-state index contributed by atoms with van der Waals surface area (Å²) in [5.74, 6) is -0.253. The first-order valence-electron chi connectivity index (χ1n) is 6.76. The van der Waals surface area contributed by atoms with Gasteiger partial charge in [-0.25, -0.2) is 8.42 Å². The van der Waals surface area contributed by atoms with Crippen molar-refractivity contribution in [3.63, 3.8) is 0 Å². The molecule has 1 aromatic heterocycles. The van der Waals surface area contributed by atoms with E-state index in [-0.39, 0.29) is 21.1 Å². The highest BCUT2D eigenvalue weighted by Crippen LogP contribution is 2.28. The van der Waals surface area contributed by atoms with Gasteiger partial charge in [0.2, 0.25) is 9.84 Å². The molecule has 0 saturated carbocycles. The van der Waals surface area contributed by atoms with Crippen molar-refractivity contribution in [2.45, 2.75) is 35.4 Å². The predicted octanol–water partition coefficient (Wildman–Crippen LogP) is 3.76. The summed E-state index contributed by atoms with van der Waals surface area (Å²) in [6, 6.07) is 9.00. The van der Waals surface area contributed by atoms with Crippen LogP contribution in [0.3, 0.4) is 0 Å². The fourth-order valence-corrected chi connectivity index (χ4v) is 4.45. The highest BCUT2D eigenvalue weighted by Gasteiger charge is 2.22. The maximum absolute atomic E-state index is 12.5. The smallest absolute Gasteiger partial charge is 0.261 e. The van der Waals surface area contributed by atoms with Gasteiger partial charge in [-0.2, -0.15) is 0 Å². The first-order chi connectivity index (χ1) is 10.3. The van der Waals surface area contributed by atoms with Crippen LogP contribution in [-0.2, 0) is 9.84 Å². The minimum atomic E-state index is -3.62. The van der Waals surface area contributed by atoms with E-state index in [1.807, 2.05) is 13.8 Å². The maximum atomic E-state index is 12.5. The molecular formula is C15H16ClNO3S2. The Kier molecular flexibility index (Phi) is 5.26. The van der Waals surface area contributed by atoms with Gasteiger partial charge in [-0.3, -0.25) is 4.79 Å². The molecule has 0 aliphatic rings. The SMILES string of the molecule is CC[C@@H](C)NC(=O)c1ccc(S(=O)(=O)c2ccc(Cl)cc2)s1. The standard InChI is InChI=1S/C15H16ClNO3S2/c1-3-10(2)17-15(18)13-8-9-14(21-13)22(19,20)12-6-4-11(16)5-7-12/h4-10H,3H2,1-2H3,(H,17,18)/t10-/m1/s1. The maximum Gasteiger partial charge on any atom is 0.261 e. The summed E-state index contributed by atoms with van der Waals surface area (Å²) in [5, 5.41) is 3.29. The summed E-state index contributed by atoms with van der Waals surface area (Å²) >= 11 is 6.74. The Morgan fingerprint density at radius 2 is 1.86 bits per heavy atom. The monoisotopic (exact) mass is 357 g/mol. The molecule has 2 aromatic rings. The molecule has 1 heterocycles. The number of rotatable bonds is 5. The number of halogens is 1. The summed E-state index contributed by atoms with van der Waals surface area (Å²) < 4.78 is 25.1. The second-order valence-electron chi connectivity index (χ2n) is 4.86. The van der Waals surface area contributed by atoms with E-state index in [1.165, 1.54) is 36.4 Å². The highest BCUT2D eigenvalue weighted by molar-refractivity contribution is 7.93. The Morgan fingerprint density at radius 3 is 2.45 bits per heavy atom. The molecule has 0 fully saturated rings. The Labute approximate surface area is 139 Å². The van der Waals surface area contributed by atoms with Crippen LogP contribution in [-0.4, -0.2) is 20.4 Å². The molecule has 0 aliphatic heterocycles. The lowest BCUT2D eigenvalue weighted by atomic mass is 10.2. The second kappa shape index (κ2) is 6.81. The van der Waals surface area contributed by atoms with Gasteiger partial charge in [0.25, 0.3) is 5.91 Å². The molecule has 4 nitrogen and oxygen atoms in total. The second-order valence-corrected chi connectivity index (χ2v) is 8.56. The number of amides is 1. The molecule has 1 N–H and O–H groups in total. The molecule has 118 valence electrons. The molecule has 2 rings (SSSR count). The van der Waals surface area contributed by atoms with Crippen molar-refractivity contribution in [2.24, 2.45) is 0 Å². The third kappa shape index (κ3) is 3.69. The van der Waals surface area contributed by atoms with Crippen molar-refractivity contribution in [3.8, 4) is 0 Å². The third-order valence-electron chi connectivity index (χ3n) is 3.18. The third-order valence-corrected chi connectivity index (χ3v) is 6.78. The lowest BCUT2D eigenvalue weighted by Gasteiger charge is -2.09. The van der Waals surface area contributed by atoms with Crippen LogP contribution in [0.2, 0.25) is 5.02 Å². The van der Waals surface area contributed by atoms with Crippen LogP contribution >= 0.6 is 22.9 Å². The number of carbonyl (C=O) groups excluding carboxylic acids is 1. The van der Waals surface area contributed by atoms with Crippen LogP contribution in [0, 0.1) is 0 Å². The highest BCUT2D eigenvalue weighted by atomic mass is 35.5. The van der Waals surface area contributed by atoms with Gasteiger partial charge in [0.15, 0.2) is 0 Å². The van der Waals surface area contributed by atoms with Gasteiger partial charge in [0.1, 0.15) is 4.21 Å². The summed E-state index contributed by atoms with van der Waals surface area (Å²) in [7, 11) is -3.62. The number of carbonyl (C=O) groups is 1. The summed E-state index contributed by atoms with van der Waals surface area (Å²) in [5.41, 5.74) is 0. The van der Waals surface area contributed by atoms with Crippen LogP contribution in [0.4, 0.5) is 0 Å². The van der Waals surface area contributed by atoms with Crippen LogP contribution < -0.4 is 5.32 Å². The summed E-state index contributed by atoms with van der Waals surface area (Å²) in [6.45, 7) is 3.87. The molecule has 1 aromatic carbocycles. The Hall–Kier alpha value is -1.37. The summed E-state index contributed by atoms with van der Waals surface area (Å²) in [4.78, 5) is 12.6. The molecular weight excluding hydrogens is 342 g/mol. The predicted molar refractivity (Wildman–Crippen MR) is 88.4 cm³/mol. The molecule has 0 unspecified atom stereocenters. The molecule has 0 radical (unpaired) electrons. The van der Waals surface area contributed by atoms with E-state index in [0.29, 0.717) is 9.90 Å². The molecule has 0 saturated heterocycles. The molecule has 0 spiro atoms. The van der Waals surface area contributed by atoms with Gasteiger partial charge >= 0.3 is 0 Å². The largest absolute Gasteiger partial charge is 0.349 e. The van der Waals surface area contributed by atoms with Crippen molar-refractivity contribution >= 4 is 38.7 Å². The van der Waals surface area contributed by atoms with Crippen LogP contribution in [0.15, 0.2) is 45.5 Å². The Morgan fingerprint density at radius 1 is 1.23 bits per heavy atom. The number of sulfone groups is 1. The van der Waals surface area contributed by atoms with Crippen molar-refractivity contribution in [3.05, 3.63) is 46.3 Å². The fraction of sp³-hybridized carbons (Fsp3) is 0.267. The van der Waals surface area contributed by atoms with Crippen molar-refractivity contribution in [1.82, 2.24) is 5.32 Å². The molecule has 22 heavy (non-hydrogen) atoms. The zero-order valence-electron chi connectivity index (χ0n) is 12.2. The first kappa shape index (κ1) is 17.0. The van der Waals surface area contributed by atoms with E-state index in [1.54, 1.807) is 0 Å². The number of nitrogens with one attached hydrogen (secondary N) is 1. The van der Waals surface area contributed by atoms with Crippen LogP contribution in [0.1, 0.15) is 29.9 Å². The van der Waals surface area contributed by atoms with E-state index in [9.17, 15) is 13.2 Å². The van der Waals surface area contributed by atoms with E-state index in [2.05, 4.69) is 5.32 Å². The zero-order chi connectivity index (χ0) is 16.3.